The van der Waals surface area contributed by atoms with Crippen molar-refractivity contribution in [3.05, 3.63) is 52.7 Å². The molecule has 0 bridgehead atoms. The first-order chi connectivity index (χ1) is 13.1. The van der Waals surface area contributed by atoms with E-state index in [1.54, 1.807) is 7.11 Å². The molecule has 1 aliphatic rings. The molecule has 1 atom stereocenters. The van der Waals surface area contributed by atoms with Gasteiger partial charge in [0.1, 0.15) is 5.82 Å². The molecule has 1 aliphatic heterocycles. The topological polar surface area (TPSA) is 52.4 Å². The van der Waals surface area contributed by atoms with Crippen LogP contribution in [0.15, 0.2) is 30.3 Å². The van der Waals surface area contributed by atoms with Gasteiger partial charge in [-0.25, -0.2) is 4.98 Å². The Balaban J connectivity index is 1.77. The van der Waals surface area contributed by atoms with Crippen molar-refractivity contribution >= 4 is 28.3 Å². The lowest BCUT2D eigenvalue weighted by atomic mass is 10.0. The molecular weight excluding hydrogens is 354 g/mol. The Morgan fingerprint density at radius 3 is 2.63 bits per heavy atom. The number of benzene rings is 1. The number of aryl methyl sites for hydroxylation is 2. The lowest BCUT2D eigenvalue weighted by molar-refractivity contribution is 0.185. The summed E-state index contributed by atoms with van der Waals surface area (Å²) in [4.78, 5) is 9.03. The number of anilines is 1. The van der Waals surface area contributed by atoms with Gasteiger partial charge in [-0.1, -0.05) is 6.07 Å². The number of nitriles is 1. The largest absolute Gasteiger partial charge is 0.380 e. The summed E-state index contributed by atoms with van der Waals surface area (Å²) in [6, 6.07) is 12.2. The zero-order valence-electron chi connectivity index (χ0n) is 15.7. The maximum absolute atomic E-state index is 9.02. The fourth-order valence-electron chi connectivity index (χ4n) is 3.28. The summed E-state index contributed by atoms with van der Waals surface area (Å²) in [5, 5.41) is 10.1. The summed E-state index contributed by atoms with van der Waals surface area (Å²) in [6.07, 6.45) is 1.72. The lowest BCUT2D eigenvalue weighted by Crippen LogP contribution is -2.45. The van der Waals surface area contributed by atoms with Crippen LogP contribution in [0, 0.1) is 11.3 Å². The molecule has 0 spiro atoms. The third kappa shape index (κ3) is 5.29. The van der Waals surface area contributed by atoms with Gasteiger partial charge >= 0.3 is 0 Å². The van der Waals surface area contributed by atoms with Crippen molar-refractivity contribution in [2.24, 2.45) is 0 Å². The second kappa shape index (κ2) is 9.33. The maximum Gasteiger partial charge on any atom is 0.182 e. The van der Waals surface area contributed by atoms with Crippen LogP contribution in [0.25, 0.3) is 0 Å². The van der Waals surface area contributed by atoms with Crippen molar-refractivity contribution in [1.82, 2.24) is 9.79 Å². The van der Waals surface area contributed by atoms with Crippen LogP contribution >= 0.6 is 9.24 Å². The Bertz CT molecular complexity index is 831. The first kappa shape index (κ1) is 19.8. The van der Waals surface area contributed by atoms with Crippen molar-refractivity contribution in [2.45, 2.75) is 19.4 Å². The first-order valence-electron chi connectivity index (χ1n) is 9.11. The Labute approximate surface area is 165 Å². The van der Waals surface area contributed by atoms with E-state index in [2.05, 4.69) is 32.3 Å². The molecule has 3 rings (SSSR count). The van der Waals surface area contributed by atoms with Crippen molar-refractivity contribution in [3.63, 3.8) is 0 Å². The Hall–Kier alpha value is -1.93. The Morgan fingerprint density at radius 2 is 1.96 bits per heavy atom. The fourth-order valence-corrected chi connectivity index (χ4v) is 3.70. The van der Waals surface area contributed by atoms with Crippen molar-refractivity contribution in [3.8, 4) is 6.07 Å². The number of aromatic nitrogens is 1. The molecule has 0 saturated carbocycles. The molecule has 138 valence electrons. The summed E-state index contributed by atoms with van der Waals surface area (Å²) in [5.41, 5.74) is 4.10. The minimum absolute atomic E-state index is 0.575. The highest BCUT2D eigenvalue weighted by molar-refractivity contribution is 7.27. The van der Waals surface area contributed by atoms with Crippen LogP contribution in [-0.2, 0) is 24.2 Å². The number of hydrogen-bond donors (Lipinski definition) is 0. The molecule has 2 aromatic rings. The highest BCUT2D eigenvalue weighted by Crippen LogP contribution is 2.19. The Morgan fingerprint density at radius 1 is 1.19 bits per heavy atom. The van der Waals surface area contributed by atoms with Crippen LogP contribution in [0.2, 0.25) is 0 Å². The molecule has 1 unspecified atom stereocenters. The average Bonchev–Trinajstić information content (AvgIpc) is 2.67. The summed E-state index contributed by atoms with van der Waals surface area (Å²) in [7, 11) is 10.3. The molecule has 7 heteroatoms. The maximum atomic E-state index is 9.02. The van der Waals surface area contributed by atoms with Gasteiger partial charge in [0.15, 0.2) is 7.98 Å². The third-order valence-electron chi connectivity index (χ3n) is 4.80. The molecule has 27 heavy (non-hydrogen) atoms. The van der Waals surface area contributed by atoms with Gasteiger partial charge in [-0.3, -0.25) is 0 Å². The molecule has 1 saturated heterocycles. The molecule has 0 N–H and O–H groups in total. The molecule has 1 aromatic carbocycles. The number of rotatable bonds is 6. The zero-order chi connectivity index (χ0) is 19.2. The van der Waals surface area contributed by atoms with Crippen LogP contribution in [0.3, 0.4) is 0 Å². The normalized spacial score (nSPS) is 14.9. The van der Waals surface area contributed by atoms with Crippen molar-refractivity contribution in [1.29, 1.82) is 5.26 Å². The third-order valence-corrected chi connectivity index (χ3v) is 5.34. The molecule has 2 radical (unpaired) electrons. The van der Waals surface area contributed by atoms with Gasteiger partial charge in [0.05, 0.1) is 18.2 Å². The monoisotopic (exact) mass is 378 g/mol. The van der Waals surface area contributed by atoms with E-state index in [1.165, 1.54) is 5.56 Å². The van der Waals surface area contributed by atoms with Crippen LogP contribution in [0.5, 0.6) is 0 Å². The van der Waals surface area contributed by atoms with Crippen LogP contribution in [0.1, 0.15) is 22.4 Å². The second-order valence-electron chi connectivity index (χ2n) is 6.81. The highest BCUT2D eigenvalue weighted by atomic mass is 31.0. The molecule has 0 aliphatic carbocycles. The molecule has 1 fully saturated rings. The fraction of sp³-hybridized carbons (Fsp3) is 0.400. The predicted octanol–water partition coefficient (Wildman–Crippen LogP) is 1.59. The Kier molecular flexibility index (Phi) is 6.85. The lowest BCUT2D eigenvalue weighted by Gasteiger charge is -2.34. The van der Waals surface area contributed by atoms with Gasteiger partial charge in [0.2, 0.25) is 0 Å². The van der Waals surface area contributed by atoms with Crippen LogP contribution < -0.4 is 10.2 Å². The summed E-state index contributed by atoms with van der Waals surface area (Å²) >= 11 is 0. The van der Waals surface area contributed by atoms with Gasteiger partial charge in [-0.2, -0.15) is 5.26 Å². The van der Waals surface area contributed by atoms with Gasteiger partial charge in [-0.05, 0) is 53.5 Å². The quantitative estimate of drug-likeness (QED) is 0.565. The van der Waals surface area contributed by atoms with Crippen LogP contribution in [-0.4, -0.2) is 51.1 Å². The number of nitrogens with zero attached hydrogens (tertiary/aromatic N) is 4. The minimum Gasteiger partial charge on any atom is -0.380 e. The molecular formula is C20H24BN4OP. The van der Waals surface area contributed by atoms with E-state index in [9.17, 15) is 0 Å². The van der Waals surface area contributed by atoms with E-state index in [-0.39, 0.29) is 0 Å². The number of piperazine rings is 1. The van der Waals surface area contributed by atoms with Crippen molar-refractivity contribution < 1.29 is 4.74 Å². The second-order valence-corrected chi connectivity index (χ2v) is 7.43. The van der Waals surface area contributed by atoms with E-state index < -0.39 is 0 Å². The minimum atomic E-state index is 0.575. The van der Waals surface area contributed by atoms with Gasteiger partial charge in [-0.15, -0.1) is 9.24 Å². The van der Waals surface area contributed by atoms with Gasteiger partial charge < -0.3 is 14.4 Å². The first-order valence-corrected chi connectivity index (χ1v) is 9.68. The van der Waals surface area contributed by atoms with Gasteiger partial charge in [0, 0.05) is 39.0 Å². The predicted molar refractivity (Wildman–Crippen MR) is 112 cm³/mol. The molecule has 5 nitrogen and oxygen atoms in total. The molecule has 0 amide bonds. The number of hydrogen-bond acceptors (Lipinski definition) is 5. The standard InChI is InChI=1S/C20H24BN4OP/c1-26-14-16-10-18(5-4-17-3-2-15(13-22)11-19(17)27)23-20(12-16)24-6-8-25(21)9-7-24/h2-3,10-12H,4-9,14,27H2,1H3. The number of ether oxygens (including phenoxy) is 1. The van der Waals surface area contributed by atoms with E-state index in [1.807, 2.05) is 23.0 Å². The average molecular weight is 378 g/mol. The number of methoxy groups -OCH3 is 1. The molecule has 2 heterocycles. The van der Waals surface area contributed by atoms with E-state index in [4.69, 9.17) is 23.0 Å². The number of pyridine rings is 1. The van der Waals surface area contributed by atoms with Crippen molar-refractivity contribution in [2.75, 3.05) is 38.2 Å². The summed E-state index contributed by atoms with van der Waals surface area (Å²) < 4.78 is 5.34. The van der Waals surface area contributed by atoms with E-state index in [0.717, 1.165) is 61.4 Å². The van der Waals surface area contributed by atoms with Gasteiger partial charge in [0.25, 0.3) is 0 Å². The van der Waals surface area contributed by atoms with E-state index in [0.29, 0.717) is 12.2 Å². The smallest absolute Gasteiger partial charge is 0.182 e. The SMILES string of the molecule is [B]N1CCN(c2cc(COC)cc(CCc3ccc(C#N)cc3P)n2)CC1. The summed E-state index contributed by atoms with van der Waals surface area (Å²) in [6.45, 7) is 4.01. The molecule has 1 aromatic heterocycles. The van der Waals surface area contributed by atoms with Crippen LogP contribution in [0.4, 0.5) is 5.82 Å². The zero-order valence-corrected chi connectivity index (χ0v) is 16.8. The highest BCUT2D eigenvalue weighted by Gasteiger charge is 2.16. The van der Waals surface area contributed by atoms with E-state index >= 15 is 0 Å². The summed E-state index contributed by atoms with van der Waals surface area (Å²) in [5.74, 6) is 0.999.